The Labute approximate surface area is 204 Å². The molecular weight excluding hydrogens is 476 g/mol. The fourth-order valence-electron chi connectivity index (χ4n) is 3.12. The van der Waals surface area contributed by atoms with Crippen molar-refractivity contribution in [3.8, 4) is 40.5 Å². The first-order valence-electron chi connectivity index (χ1n) is 9.73. The number of nitrogen functional groups attached to an aromatic ring is 1. The average molecular weight is 497 g/mol. The number of hydrogen-bond acceptors (Lipinski definition) is 11. The maximum Gasteiger partial charge on any atom is 0.226 e. The van der Waals surface area contributed by atoms with Gasteiger partial charge < -0.3 is 25.3 Å². The zero-order valence-electron chi connectivity index (χ0n) is 18.5. The number of hydrogen-bond donors (Lipinski definition) is 2. The second-order valence-electron chi connectivity index (χ2n) is 6.55. The molecule has 0 fully saturated rings. The van der Waals surface area contributed by atoms with Crippen molar-refractivity contribution >= 4 is 40.0 Å². The monoisotopic (exact) mass is 496 g/mol. The minimum absolute atomic E-state index is 0.0278. The Kier molecular flexibility index (Phi) is 8.14. The topological polar surface area (TPSA) is 156 Å². The van der Waals surface area contributed by atoms with Gasteiger partial charge in [0.25, 0.3) is 0 Å². The number of nitriles is 2. The van der Waals surface area contributed by atoms with Gasteiger partial charge in [-0.3, -0.25) is 4.79 Å². The van der Waals surface area contributed by atoms with Gasteiger partial charge in [0, 0.05) is 29.3 Å². The van der Waals surface area contributed by atoms with Crippen molar-refractivity contribution in [1.29, 1.82) is 10.5 Å². The van der Waals surface area contributed by atoms with Gasteiger partial charge in [0.2, 0.25) is 11.7 Å². The molecule has 0 atom stereocenters. The normalized spacial score (nSPS) is 10.1. The van der Waals surface area contributed by atoms with Crippen molar-refractivity contribution in [3.63, 3.8) is 0 Å². The van der Waals surface area contributed by atoms with Crippen molar-refractivity contribution in [2.24, 2.45) is 0 Å². The Bertz CT molecular complexity index is 1260. The van der Waals surface area contributed by atoms with Crippen molar-refractivity contribution in [3.05, 3.63) is 34.8 Å². The Balaban J connectivity index is 1.99. The van der Waals surface area contributed by atoms with Crippen molar-refractivity contribution < 1.29 is 19.0 Å². The summed E-state index contributed by atoms with van der Waals surface area (Å²) in [5.41, 5.74) is 7.06. The maximum absolute atomic E-state index is 12.2. The third-order valence-corrected chi connectivity index (χ3v) is 6.28. The summed E-state index contributed by atoms with van der Waals surface area (Å²) in [4.78, 5) is 20.4. The highest BCUT2D eigenvalue weighted by atomic mass is 32.2. The number of nitrogens with one attached hydrogen (secondary N) is 1. The molecule has 0 saturated heterocycles. The van der Waals surface area contributed by atoms with Gasteiger partial charge in [-0.1, -0.05) is 0 Å². The molecule has 10 nitrogen and oxygen atoms in total. The molecule has 2 aromatic heterocycles. The van der Waals surface area contributed by atoms with Crippen molar-refractivity contribution in [2.75, 3.05) is 38.1 Å². The highest BCUT2D eigenvalue weighted by molar-refractivity contribution is 7.99. The van der Waals surface area contributed by atoms with Crippen LogP contribution >= 0.6 is 23.1 Å². The molecule has 0 spiro atoms. The lowest BCUT2D eigenvalue weighted by Crippen LogP contribution is -2.12. The Morgan fingerprint density at radius 3 is 2.35 bits per heavy atom. The highest BCUT2D eigenvalue weighted by Gasteiger charge is 2.23. The smallest absolute Gasteiger partial charge is 0.226 e. The average Bonchev–Trinajstić information content (AvgIpc) is 3.35. The first kappa shape index (κ1) is 24.6. The molecule has 0 saturated carbocycles. The minimum atomic E-state index is -0.215. The zero-order chi connectivity index (χ0) is 24.7. The van der Waals surface area contributed by atoms with E-state index in [0.29, 0.717) is 44.3 Å². The van der Waals surface area contributed by atoms with E-state index in [1.54, 1.807) is 23.7 Å². The van der Waals surface area contributed by atoms with E-state index in [1.165, 1.54) is 44.4 Å². The first-order valence-corrected chi connectivity index (χ1v) is 11.6. The summed E-state index contributed by atoms with van der Waals surface area (Å²) < 4.78 is 16.2. The lowest BCUT2D eigenvalue weighted by molar-refractivity contribution is -0.115. The second kappa shape index (κ2) is 11.2. The van der Waals surface area contributed by atoms with Crippen LogP contribution in [0.2, 0.25) is 0 Å². The summed E-state index contributed by atoms with van der Waals surface area (Å²) in [6.07, 6.45) is 1.76. The lowest BCUT2D eigenvalue weighted by Gasteiger charge is -2.17. The van der Waals surface area contributed by atoms with E-state index in [2.05, 4.69) is 21.4 Å². The zero-order valence-corrected chi connectivity index (χ0v) is 20.2. The SMILES string of the molecule is COc1cc(-c2c(C#N)c(N)nc(SCCC(=O)Nc3nccs3)c2C#N)cc(OC)c1OC. The number of aromatic nitrogens is 2. The number of pyridine rings is 1. The van der Waals surface area contributed by atoms with Crippen LogP contribution in [0.1, 0.15) is 17.5 Å². The van der Waals surface area contributed by atoms with E-state index in [4.69, 9.17) is 19.9 Å². The molecule has 0 unspecified atom stereocenters. The van der Waals surface area contributed by atoms with Gasteiger partial charge in [-0.2, -0.15) is 10.5 Å². The number of methoxy groups -OCH3 is 3. The van der Waals surface area contributed by atoms with Gasteiger partial charge in [0.05, 0.1) is 26.9 Å². The van der Waals surface area contributed by atoms with Gasteiger partial charge in [-0.05, 0) is 17.7 Å². The predicted molar refractivity (Wildman–Crippen MR) is 129 cm³/mol. The third kappa shape index (κ3) is 5.14. The number of carbonyl (C=O) groups excluding carboxylic acids is 1. The molecule has 0 bridgehead atoms. The molecule has 0 aliphatic rings. The van der Waals surface area contributed by atoms with Crippen molar-refractivity contribution in [2.45, 2.75) is 11.4 Å². The van der Waals surface area contributed by atoms with Crippen LogP contribution in [0.15, 0.2) is 28.7 Å². The van der Waals surface area contributed by atoms with Crippen LogP contribution in [0.3, 0.4) is 0 Å². The van der Waals surface area contributed by atoms with Crippen LogP contribution in [0.25, 0.3) is 11.1 Å². The quantitative estimate of drug-likeness (QED) is 0.419. The lowest BCUT2D eigenvalue weighted by atomic mass is 9.96. The van der Waals surface area contributed by atoms with E-state index in [1.807, 2.05) is 6.07 Å². The molecular formula is C22H20N6O4S2. The number of thiazole rings is 1. The molecule has 3 rings (SSSR count). The number of thioether (sulfide) groups is 1. The Morgan fingerprint density at radius 1 is 1.15 bits per heavy atom. The largest absolute Gasteiger partial charge is 0.493 e. The van der Waals surface area contributed by atoms with Crippen LogP contribution in [0.4, 0.5) is 10.9 Å². The van der Waals surface area contributed by atoms with Gasteiger partial charge in [-0.25, -0.2) is 9.97 Å². The van der Waals surface area contributed by atoms with Gasteiger partial charge in [0.15, 0.2) is 16.6 Å². The van der Waals surface area contributed by atoms with Gasteiger partial charge in [-0.15, -0.1) is 23.1 Å². The summed E-state index contributed by atoms with van der Waals surface area (Å²) in [5, 5.41) is 25.0. The van der Waals surface area contributed by atoms with E-state index >= 15 is 0 Å². The Morgan fingerprint density at radius 2 is 1.82 bits per heavy atom. The van der Waals surface area contributed by atoms with E-state index in [-0.39, 0.29) is 29.3 Å². The molecule has 12 heteroatoms. The number of benzene rings is 1. The van der Waals surface area contributed by atoms with E-state index < -0.39 is 0 Å². The highest BCUT2D eigenvalue weighted by Crippen LogP contribution is 2.44. The van der Waals surface area contributed by atoms with Gasteiger partial charge >= 0.3 is 0 Å². The minimum Gasteiger partial charge on any atom is -0.493 e. The summed E-state index contributed by atoms with van der Waals surface area (Å²) in [6.45, 7) is 0. The van der Waals surface area contributed by atoms with Crippen molar-refractivity contribution in [1.82, 2.24) is 9.97 Å². The summed E-state index contributed by atoms with van der Waals surface area (Å²) in [5.74, 6) is 1.17. The molecule has 1 amide bonds. The second-order valence-corrected chi connectivity index (χ2v) is 8.53. The number of amides is 1. The van der Waals surface area contributed by atoms with Crippen LogP contribution in [-0.4, -0.2) is 43.0 Å². The summed E-state index contributed by atoms with van der Waals surface area (Å²) in [7, 11) is 4.41. The summed E-state index contributed by atoms with van der Waals surface area (Å²) in [6, 6.07) is 7.43. The van der Waals surface area contributed by atoms with Crippen LogP contribution in [0.5, 0.6) is 17.2 Å². The molecule has 3 aromatic rings. The first-order chi connectivity index (χ1) is 16.5. The molecule has 2 heterocycles. The number of carbonyl (C=O) groups is 1. The fraction of sp³-hybridized carbons (Fsp3) is 0.227. The third-order valence-electron chi connectivity index (χ3n) is 4.62. The maximum atomic E-state index is 12.2. The van der Waals surface area contributed by atoms with Crippen LogP contribution < -0.4 is 25.3 Å². The molecule has 0 aliphatic carbocycles. The van der Waals surface area contributed by atoms with Crippen LogP contribution in [-0.2, 0) is 4.79 Å². The number of nitrogens with two attached hydrogens (primary N) is 1. The van der Waals surface area contributed by atoms with E-state index in [9.17, 15) is 15.3 Å². The summed E-state index contributed by atoms with van der Waals surface area (Å²) >= 11 is 2.51. The predicted octanol–water partition coefficient (Wildman–Crippen LogP) is 3.68. The molecule has 0 aliphatic heterocycles. The number of anilines is 2. The molecule has 174 valence electrons. The standard InChI is InChI=1S/C22H20N6O4S2/c1-30-15-8-12(9-16(31-2)19(15)32-3)18-13(10-23)20(25)28-21(14(18)11-24)33-6-4-17(29)27-22-26-5-7-34-22/h5,7-9H,4,6H2,1-3H3,(H2,25,28)(H,26,27,29). The van der Waals surface area contributed by atoms with Crippen LogP contribution in [0, 0.1) is 22.7 Å². The molecule has 3 N–H and O–H groups in total. The molecule has 1 aromatic carbocycles. The number of ether oxygens (including phenoxy) is 3. The van der Waals surface area contributed by atoms with E-state index in [0.717, 1.165) is 0 Å². The molecule has 0 radical (unpaired) electrons. The number of nitrogens with zero attached hydrogens (tertiary/aromatic N) is 4. The van der Waals surface area contributed by atoms with Gasteiger partial charge in [0.1, 0.15) is 28.5 Å². The fourth-order valence-corrected chi connectivity index (χ4v) is 4.60. The molecule has 34 heavy (non-hydrogen) atoms. The number of rotatable bonds is 9. The Hall–Kier alpha value is -4.00.